The number of fused-ring (bicyclic) bond motifs is 1. The fourth-order valence-corrected chi connectivity index (χ4v) is 3.24. The van der Waals surface area contributed by atoms with Crippen molar-refractivity contribution in [1.82, 2.24) is 9.97 Å². The molecule has 28 heavy (non-hydrogen) atoms. The number of hydrogen-bond acceptors (Lipinski definition) is 6. The van der Waals surface area contributed by atoms with E-state index in [0.717, 1.165) is 58.7 Å². The summed E-state index contributed by atoms with van der Waals surface area (Å²) in [5, 5.41) is 4.30. The molecule has 3 aromatic rings. The second-order valence-electron chi connectivity index (χ2n) is 6.19. The number of halogens is 2. The first-order valence-electron chi connectivity index (χ1n) is 8.91. The zero-order valence-corrected chi connectivity index (χ0v) is 17.5. The van der Waals surface area contributed by atoms with E-state index in [1.165, 1.54) is 0 Å². The maximum Gasteiger partial charge on any atom is 0.160 e. The van der Waals surface area contributed by atoms with Gasteiger partial charge in [0.05, 0.1) is 25.3 Å². The zero-order valence-electron chi connectivity index (χ0n) is 15.1. The summed E-state index contributed by atoms with van der Waals surface area (Å²) in [6, 6.07) is 13.7. The molecule has 1 aliphatic heterocycles. The first-order chi connectivity index (χ1) is 13.3. The van der Waals surface area contributed by atoms with Gasteiger partial charge in [0.15, 0.2) is 6.29 Å². The molecular weight excluding hydrogens is 446 g/mol. The monoisotopic (exact) mass is 465 g/mol. The molecule has 0 unspecified atom stereocenters. The van der Waals surface area contributed by atoms with Crippen LogP contribution in [0.3, 0.4) is 0 Å². The normalized spacial score (nSPS) is 14.5. The molecule has 0 saturated carbocycles. The Balaban J connectivity index is 0.00000225. The molecule has 0 bridgehead atoms. The van der Waals surface area contributed by atoms with Crippen LogP contribution in [0.5, 0.6) is 5.75 Å². The minimum atomic E-state index is -0.148. The lowest BCUT2D eigenvalue weighted by Gasteiger charge is -2.23. The van der Waals surface area contributed by atoms with E-state index in [2.05, 4.69) is 31.2 Å². The molecular formula is C20H21BrClN3O3. The summed E-state index contributed by atoms with van der Waals surface area (Å²) in [6.45, 7) is 2.08. The maximum atomic E-state index is 5.78. The molecule has 1 N–H and O–H groups in total. The van der Waals surface area contributed by atoms with Crippen LogP contribution in [0, 0.1) is 0 Å². The Morgan fingerprint density at radius 2 is 1.86 bits per heavy atom. The van der Waals surface area contributed by atoms with Gasteiger partial charge in [-0.3, -0.25) is 0 Å². The van der Waals surface area contributed by atoms with E-state index in [0.29, 0.717) is 6.61 Å². The summed E-state index contributed by atoms with van der Waals surface area (Å²) in [7, 11) is 0. The lowest BCUT2D eigenvalue weighted by Crippen LogP contribution is -2.26. The molecule has 2 heterocycles. The van der Waals surface area contributed by atoms with Gasteiger partial charge in [-0.2, -0.15) is 0 Å². The first-order valence-corrected chi connectivity index (χ1v) is 9.70. The summed E-state index contributed by atoms with van der Waals surface area (Å²) in [5.74, 6) is 1.58. The second-order valence-corrected chi connectivity index (χ2v) is 7.11. The van der Waals surface area contributed by atoms with Gasteiger partial charge in [-0.15, -0.1) is 12.4 Å². The third kappa shape index (κ3) is 5.32. The molecule has 0 aliphatic carbocycles. The summed E-state index contributed by atoms with van der Waals surface area (Å²) in [4.78, 5) is 8.66. The van der Waals surface area contributed by atoms with Gasteiger partial charge < -0.3 is 19.5 Å². The van der Waals surface area contributed by atoms with Crippen LogP contribution in [-0.4, -0.2) is 36.1 Å². The summed E-state index contributed by atoms with van der Waals surface area (Å²) >= 11 is 3.50. The molecule has 1 aliphatic rings. The van der Waals surface area contributed by atoms with Gasteiger partial charge in [-0.1, -0.05) is 15.9 Å². The van der Waals surface area contributed by atoms with Crippen LogP contribution in [0.4, 0.5) is 11.5 Å². The largest absolute Gasteiger partial charge is 0.493 e. The van der Waals surface area contributed by atoms with Crippen molar-refractivity contribution in [3.05, 3.63) is 53.3 Å². The lowest BCUT2D eigenvalue weighted by atomic mass is 10.2. The van der Waals surface area contributed by atoms with Crippen molar-refractivity contribution in [2.45, 2.75) is 19.1 Å². The Labute approximate surface area is 178 Å². The third-order valence-corrected chi connectivity index (χ3v) is 4.73. The number of ether oxygens (including phenoxy) is 3. The van der Waals surface area contributed by atoms with Crippen LogP contribution in [-0.2, 0) is 9.47 Å². The van der Waals surface area contributed by atoms with Crippen molar-refractivity contribution in [3.8, 4) is 5.75 Å². The summed E-state index contributed by atoms with van der Waals surface area (Å²) in [6.07, 6.45) is 3.10. The number of anilines is 2. The van der Waals surface area contributed by atoms with Crippen molar-refractivity contribution >= 4 is 50.7 Å². The Morgan fingerprint density at radius 1 is 1.07 bits per heavy atom. The molecule has 148 valence electrons. The molecule has 1 fully saturated rings. The van der Waals surface area contributed by atoms with E-state index in [9.17, 15) is 0 Å². The molecule has 0 radical (unpaired) electrons. The highest BCUT2D eigenvalue weighted by Gasteiger charge is 2.13. The van der Waals surface area contributed by atoms with Crippen molar-refractivity contribution < 1.29 is 14.2 Å². The molecule has 8 heteroatoms. The molecule has 0 spiro atoms. The van der Waals surface area contributed by atoms with Gasteiger partial charge in [0, 0.05) is 22.0 Å². The Bertz CT molecular complexity index is 905. The van der Waals surface area contributed by atoms with Crippen molar-refractivity contribution in [1.29, 1.82) is 0 Å². The van der Waals surface area contributed by atoms with E-state index in [1.807, 2.05) is 42.5 Å². The van der Waals surface area contributed by atoms with E-state index in [4.69, 9.17) is 14.2 Å². The molecule has 1 aromatic heterocycles. The minimum absolute atomic E-state index is 0. The predicted molar refractivity (Wildman–Crippen MR) is 115 cm³/mol. The van der Waals surface area contributed by atoms with Gasteiger partial charge in [-0.05, 0) is 48.9 Å². The van der Waals surface area contributed by atoms with Gasteiger partial charge in [-0.25, -0.2) is 9.97 Å². The molecule has 1 saturated heterocycles. The van der Waals surface area contributed by atoms with Crippen LogP contribution < -0.4 is 10.1 Å². The predicted octanol–water partition coefficient (Wildman–Crippen LogP) is 5.09. The minimum Gasteiger partial charge on any atom is -0.493 e. The molecule has 2 aromatic carbocycles. The average Bonchev–Trinajstić information content (AvgIpc) is 2.71. The van der Waals surface area contributed by atoms with Crippen molar-refractivity contribution in [3.63, 3.8) is 0 Å². The zero-order chi connectivity index (χ0) is 18.5. The fraction of sp³-hybridized carbons (Fsp3) is 0.300. The highest BCUT2D eigenvalue weighted by Crippen LogP contribution is 2.26. The quantitative estimate of drug-likeness (QED) is 0.546. The van der Waals surface area contributed by atoms with Gasteiger partial charge in [0.1, 0.15) is 17.9 Å². The lowest BCUT2D eigenvalue weighted by molar-refractivity contribution is -0.183. The van der Waals surface area contributed by atoms with E-state index < -0.39 is 0 Å². The van der Waals surface area contributed by atoms with Crippen LogP contribution in [0.15, 0.2) is 53.3 Å². The van der Waals surface area contributed by atoms with Gasteiger partial charge in [0.2, 0.25) is 0 Å². The summed E-state index contributed by atoms with van der Waals surface area (Å²) in [5.41, 5.74) is 1.82. The van der Waals surface area contributed by atoms with Gasteiger partial charge in [0.25, 0.3) is 0 Å². The number of rotatable bonds is 6. The van der Waals surface area contributed by atoms with Crippen LogP contribution in [0.2, 0.25) is 0 Å². The van der Waals surface area contributed by atoms with Crippen molar-refractivity contribution in [2.24, 2.45) is 0 Å². The number of benzene rings is 2. The molecule has 0 amide bonds. The number of aromatic nitrogens is 2. The number of nitrogens with one attached hydrogen (secondary N) is 1. The maximum absolute atomic E-state index is 5.78. The smallest absolute Gasteiger partial charge is 0.160 e. The number of nitrogens with zero attached hydrogens (tertiary/aromatic N) is 2. The fourth-order valence-electron chi connectivity index (χ4n) is 2.88. The summed E-state index contributed by atoms with van der Waals surface area (Å²) < 4.78 is 17.8. The highest BCUT2D eigenvalue weighted by molar-refractivity contribution is 9.10. The van der Waals surface area contributed by atoms with Crippen LogP contribution in [0.25, 0.3) is 10.9 Å². The van der Waals surface area contributed by atoms with Crippen molar-refractivity contribution in [2.75, 3.05) is 25.1 Å². The van der Waals surface area contributed by atoms with Crippen LogP contribution >= 0.6 is 28.3 Å². The molecule has 0 atom stereocenters. The SMILES string of the molecule is Brc1ccc2ncnc(Nc3ccc(OCCC4OCCCO4)cc3)c2c1.Cl. The van der Waals surface area contributed by atoms with Gasteiger partial charge >= 0.3 is 0 Å². The topological polar surface area (TPSA) is 65.5 Å². The molecule has 6 nitrogen and oxygen atoms in total. The van der Waals surface area contributed by atoms with E-state index >= 15 is 0 Å². The third-order valence-electron chi connectivity index (χ3n) is 4.23. The van der Waals surface area contributed by atoms with Crippen LogP contribution in [0.1, 0.15) is 12.8 Å². The molecule has 4 rings (SSSR count). The Hall–Kier alpha value is -1.93. The Morgan fingerprint density at radius 3 is 2.64 bits per heavy atom. The average molecular weight is 467 g/mol. The second kappa shape index (κ2) is 10.0. The highest BCUT2D eigenvalue weighted by atomic mass is 79.9. The van der Waals surface area contributed by atoms with E-state index in [1.54, 1.807) is 6.33 Å². The Kier molecular flexibility index (Phi) is 7.44. The first kappa shape index (κ1) is 20.8. The number of hydrogen-bond donors (Lipinski definition) is 1. The standard InChI is InChI=1S/C20H20BrN3O3.ClH/c21-14-2-7-18-17(12-14)20(23-13-22-18)24-15-3-5-16(6-4-15)25-11-8-19-26-9-1-10-27-19;/h2-7,12-13,19H,1,8-11H2,(H,22,23,24);1H. The van der Waals surface area contributed by atoms with E-state index in [-0.39, 0.29) is 18.7 Å².